The summed E-state index contributed by atoms with van der Waals surface area (Å²) in [5.74, 6) is -0.244. The van der Waals surface area contributed by atoms with E-state index in [1.807, 2.05) is 37.3 Å². The van der Waals surface area contributed by atoms with Gasteiger partial charge in [-0.2, -0.15) is 4.31 Å². The van der Waals surface area contributed by atoms with E-state index in [0.717, 1.165) is 36.3 Å². The molecule has 35 heavy (non-hydrogen) atoms. The highest BCUT2D eigenvalue weighted by atomic mass is 32.2. The van der Waals surface area contributed by atoms with Crippen molar-refractivity contribution in [2.75, 3.05) is 29.9 Å². The fraction of sp³-hybridized carbons (Fsp3) is 0.321. The number of anilines is 2. The lowest BCUT2D eigenvalue weighted by Gasteiger charge is -2.31. The number of aryl methyl sites for hydroxylation is 1. The van der Waals surface area contributed by atoms with Gasteiger partial charge in [-0.15, -0.1) is 0 Å². The van der Waals surface area contributed by atoms with E-state index in [1.54, 1.807) is 12.1 Å². The molecule has 0 unspecified atom stereocenters. The molecule has 2 heterocycles. The molecular weight excluding hydrogens is 458 g/mol. The van der Waals surface area contributed by atoms with Crippen LogP contribution >= 0.6 is 0 Å². The van der Waals surface area contributed by atoms with Crippen LogP contribution in [0.1, 0.15) is 29.5 Å². The number of carbonyl (C=O) groups excluding carboxylic acids is 1. The van der Waals surface area contributed by atoms with Gasteiger partial charge >= 0.3 is 0 Å². The van der Waals surface area contributed by atoms with Crippen LogP contribution < -0.4 is 10.2 Å². The third-order valence-corrected chi connectivity index (χ3v) is 9.02. The van der Waals surface area contributed by atoms with Gasteiger partial charge in [0.1, 0.15) is 0 Å². The van der Waals surface area contributed by atoms with E-state index >= 15 is 0 Å². The molecule has 1 N–H and O–H groups in total. The Balaban J connectivity index is 1.22. The second kappa shape index (κ2) is 9.84. The molecule has 0 saturated carbocycles. The first-order valence-corrected chi connectivity index (χ1v) is 13.6. The summed E-state index contributed by atoms with van der Waals surface area (Å²) in [5.41, 5.74) is 5.55. The second-order valence-electron chi connectivity index (χ2n) is 9.44. The molecule has 0 spiro atoms. The summed E-state index contributed by atoms with van der Waals surface area (Å²) < 4.78 is 27.5. The highest BCUT2D eigenvalue weighted by molar-refractivity contribution is 7.89. The zero-order chi connectivity index (χ0) is 24.4. The predicted octanol–water partition coefficient (Wildman–Crippen LogP) is 4.60. The molecule has 0 atom stereocenters. The quantitative estimate of drug-likeness (QED) is 0.550. The minimum atomic E-state index is -3.54. The standard InChI is InChI=1S/C28H31N3O3S/c1-21-10-12-25(13-11-21)35(33,34)31-18-15-23(16-19-31)28(32)29-26-8-4-2-7-24(26)20-30-17-14-22-6-3-5-9-27(22)30/h2-13,23H,14-20H2,1H3,(H,29,32). The average Bonchev–Trinajstić information content (AvgIpc) is 3.28. The average molecular weight is 490 g/mol. The van der Waals surface area contributed by atoms with Gasteiger partial charge in [0.25, 0.3) is 0 Å². The highest BCUT2D eigenvalue weighted by Gasteiger charge is 2.32. The molecule has 0 radical (unpaired) electrons. The maximum Gasteiger partial charge on any atom is 0.243 e. The lowest BCUT2D eigenvalue weighted by Crippen LogP contribution is -2.41. The molecular formula is C28H31N3O3S. The lowest BCUT2D eigenvalue weighted by molar-refractivity contribution is -0.120. The number of nitrogens with one attached hydrogen (secondary N) is 1. The van der Waals surface area contributed by atoms with Crippen molar-refractivity contribution in [3.05, 3.63) is 89.5 Å². The van der Waals surface area contributed by atoms with Gasteiger partial charge in [-0.3, -0.25) is 4.79 Å². The van der Waals surface area contributed by atoms with Gasteiger partial charge in [0.05, 0.1) is 4.90 Å². The number of hydrogen-bond acceptors (Lipinski definition) is 4. The van der Waals surface area contributed by atoms with Gasteiger partial charge < -0.3 is 10.2 Å². The first kappa shape index (κ1) is 23.6. The Morgan fingerprint density at radius 3 is 2.37 bits per heavy atom. The number of rotatable bonds is 6. The fourth-order valence-corrected chi connectivity index (χ4v) is 6.48. The third-order valence-electron chi connectivity index (χ3n) is 7.10. The minimum Gasteiger partial charge on any atom is -0.367 e. The monoisotopic (exact) mass is 489 g/mol. The lowest BCUT2D eigenvalue weighted by atomic mass is 9.97. The zero-order valence-corrected chi connectivity index (χ0v) is 20.8. The topological polar surface area (TPSA) is 69.7 Å². The zero-order valence-electron chi connectivity index (χ0n) is 20.0. The van der Waals surface area contributed by atoms with E-state index in [0.29, 0.717) is 30.8 Å². The number of fused-ring (bicyclic) bond motifs is 1. The fourth-order valence-electron chi connectivity index (χ4n) is 5.01. The molecule has 3 aromatic rings. The van der Waals surface area contributed by atoms with Crippen molar-refractivity contribution in [2.24, 2.45) is 5.92 Å². The summed E-state index contributed by atoms with van der Waals surface area (Å²) in [6.45, 7) is 4.33. The van der Waals surface area contributed by atoms with Crippen LogP contribution in [0.2, 0.25) is 0 Å². The third kappa shape index (κ3) is 4.97. The Morgan fingerprint density at radius 2 is 1.60 bits per heavy atom. The Hall–Kier alpha value is -3.16. The Bertz CT molecular complexity index is 1310. The number of para-hydroxylation sites is 2. The van der Waals surface area contributed by atoms with Gasteiger partial charge in [0.2, 0.25) is 15.9 Å². The van der Waals surface area contributed by atoms with Crippen LogP contribution in [0.15, 0.2) is 77.7 Å². The summed E-state index contributed by atoms with van der Waals surface area (Å²) in [4.78, 5) is 15.8. The molecule has 182 valence electrons. The van der Waals surface area contributed by atoms with E-state index in [4.69, 9.17) is 0 Å². The Kier molecular flexibility index (Phi) is 6.62. The number of benzene rings is 3. The van der Waals surface area contributed by atoms with Crippen LogP contribution in [0.4, 0.5) is 11.4 Å². The number of nitrogens with zero attached hydrogens (tertiary/aromatic N) is 2. The summed E-state index contributed by atoms with van der Waals surface area (Å²) in [6.07, 6.45) is 2.06. The first-order chi connectivity index (χ1) is 16.9. The summed E-state index contributed by atoms with van der Waals surface area (Å²) in [5, 5.41) is 3.14. The number of sulfonamides is 1. The van der Waals surface area contributed by atoms with Crippen LogP contribution in [0, 0.1) is 12.8 Å². The molecule has 1 saturated heterocycles. The van der Waals surface area contributed by atoms with Crippen LogP contribution in [0.25, 0.3) is 0 Å². The van der Waals surface area contributed by atoms with Crippen molar-refractivity contribution in [3.63, 3.8) is 0 Å². The predicted molar refractivity (Wildman–Crippen MR) is 139 cm³/mol. The first-order valence-electron chi connectivity index (χ1n) is 12.2. The molecule has 1 amide bonds. The van der Waals surface area contributed by atoms with Gasteiger partial charge in [0.15, 0.2) is 0 Å². The van der Waals surface area contributed by atoms with Crippen LogP contribution in [-0.2, 0) is 27.8 Å². The molecule has 5 rings (SSSR count). The number of piperidine rings is 1. The molecule has 7 heteroatoms. The highest BCUT2D eigenvalue weighted by Crippen LogP contribution is 2.31. The SMILES string of the molecule is Cc1ccc(S(=O)(=O)N2CCC(C(=O)Nc3ccccc3CN3CCc4ccccc43)CC2)cc1. The number of carbonyl (C=O) groups is 1. The maximum absolute atomic E-state index is 13.1. The maximum atomic E-state index is 13.1. The van der Waals surface area contributed by atoms with Crippen molar-refractivity contribution in [1.29, 1.82) is 0 Å². The Labute approximate surface area is 207 Å². The van der Waals surface area contributed by atoms with Gasteiger partial charge in [-0.25, -0.2) is 8.42 Å². The van der Waals surface area contributed by atoms with Gasteiger partial charge in [0, 0.05) is 43.5 Å². The summed E-state index contributed by atoms with van der Waals surface area (Å²) in [6, 6.07) is 23.4. The summed E-state index contributed by atoms with van der Waals surface area (Å²) in [7, 11) is -3.54. The van der Waals surface area contributed by atoms with Crippen molar-refractivity contribution in [1.82, 2.24) is 4.31 Å². The van der Waals surface area contributed by atoms with Gasteiger partial charge in [-0.1, -0.05) is 54.1 Å². The largest absolute Gasteiger partial charge is 0.367 e. The van der Waals surface area contributed by atoms with E-state index in [-0.39, 0.29) is 11.8 Å². The Morgan fingerprint density at radius 1 is 0.914 bits per heavy atom. The molecule has 3 aromatic carbocycles. The molecule has 2 aliphatic rings. The van der Waals surface area contributed by atoms with E-state index in [1.165, 1.54) is 15.6 Å². The van der Waals surface area contributed by atoms with E-state index < -0.39 is 10.0 Å². The van der Waals surface area contributed by atoms with Gasteiger partial charge in [-0.05, 0) is 61.6 Å². The molecule has 1 fully saturated rings. The van der Waals surface area contributed by atoms with Crippen molar-refractivity contribution in [2.45, 2.75) is 37.6 Å². The molecule has 0 bridgehead atoms. The van der Waals surface area contributed by atoms with E-state index in [2.05, 4.69) is 40.5 Å². The molecule has 0 aliphatic carbocycles. The van der Waals surface area contributed by atoms with Crippen LogP contribution in [0.5, 0.6) is 0 Å². The molecule has 0 aromatic heterocycles. The normalized spacial score (nSPS) is 16.8. The second-order valence-corrected chi connectivity index (χ2v) is 11.4. The molecule has 6 nitrogen and oxygen atoms in total. The molecule has 2 aliphatic heterocycles. The number of amides is 1. The number of hydrogen-bond donors (Lipinski definition) is 1. The van der Waals surface area contributed by atoms with Crippen molar-refractivity contribution >= 4 is 27.3 Å². The van der Waals surface area contributed by atoms with Crippen LogP contribution in [0.3, 0.4) is 0 Å². The van der Waals surface area contributed by atoms with Crippen LogP contribution in [-0.4, -0.2) is 38.3 Å². The smallest absolute Gasteiger partial charge is 0.243 e. The van der Waals surface area contributed by atoms with Crippen molar-refractivity contribution in [3.8, 4) is 0 Å². The van der Waals surface area contributed by atoms with E-state index in [9.17, 15) is 13.2 Å². The van der Waals surface area contributed by atoms with Crippen molar-refractivity contribution < 1.29 is 13.2 Å². The summed E-state index contributed by atoms with van der Waals surface area (Å²) >= 11 is 0. The minimum absolute atomic E-state index is 0.0355.